The zero-order valence-corrected chi connectivity index (χ0v) is 14.2. The normalized spacial score (nSPS) is 36.3. The zero-order valence-electron chi connectivity index (χ0n) is 14.2. The molecule has 1 saturated carbocycles. The molecular formula is C18H30N2O3. The lowest BCUT2D eigenvalue weighted by molar-refractivity contribution is -0.145. The Labute approximate surface area is 139 Å². The summed E-state index contributed by atoms with van der Waals surface area (Å²) >= 11 is 0. The molecule has 0 aromatic rings. The summed E-state index contributed by atoms with van der Waals surface area (Å²) in [5.74, 6) is 1.14. The summed E-state index contributed by atoms with van der Waals surface area (Å²) in [4.78, 5) is 17.4. The minimum absolute atomic E-state index is 0.137. The van der Waals surface area contributed by atoms with Crippen molar-refractivity contribution in [1.82, 2.24) is 9.80 Å². The molecule has 0 bridgehead atoms. The van der Waals surface area contributed by atoms with Gasteiger partial charge in [-0.3, -0.25) is 4.79 Å². The summed E-state index contributed by atoms with van der Waals surface area (Å²) in [6.45, 7) is 7.52. The Kier molecular flexibility index (Phi) is 4.61. The van der Waals surface area contributed by atoms with Crippen molar-refractivity contribution in [1.29, 1.82) is 0 Å². The summed E-state index contributed by atoms with van der Waals surface area (Å²) < 4.78 is 11.6. The molecule has 0 N–H and O–H groups in total. The number of hydrogen-bond donors (Lipinski definition) is 0. The number of carbonyl (C=O) groups is 1. The highest BCUT2D eigenvalue weighted by molar-refractivity contribution is 5.81. The van der Waals surface area contributed by atoms with Gasteiger partial charge >= 0.3 is 0 Å². The van der Waals surface area contributed by atoms with Crippen molar-refractivity contribution in [2.24, 2.45) is 11.3 Å². The second-order valence-electron chi connectivity index (χ2n) is 8.10. The van der Waals surface area contributed by atoms with E-state index in [1.54, 1.807) is 0 Å². The van der Waals surface area contributed by atoms with Crippen molar-refractivity contribution in [3.05, 3.63) is 0 Å². The van der Waals surface area contributed by atoms with E-state index in [1.165, 1.54) is 25.8 Å². The van der Waals surface area contributed by atoms with Gasteiger partial charge in [0.05, 0.1) is 13.2 Å². The molecule has 4 aliphatic rings. The second-order valence-corrected chi connectivity index (χ2v) is 8.10. The molecule has 1 aliphatic carbocycles. The first-order chi connectivity index (χ1) is 11.2. The number of amides is 1. The van der Waals surface area contributed by atoms with Crippen molar-refractivity contribution < 1.29 is 14.3 Å². The third-order valence-corrected chi connectivity index (χ3v) is 5.91. The van der Waals surface area contributed by atoms with Crippen molar-refractivity contribution in [3.63, 3.8) is 0 Å². The van der Waals surface area contributed by atoms with Crippen LogP contribution in [0.25, 0.3) is 0 Å². The van der Waals surface area contributed by atoms with Crippen LogP contribution >= 0.6 is 0 Å². The number of nitrogens with zero attached hydrogens (tertiary/aromatic N) is 2. The quantitative estimate of drug-likeness (QED) is 0.790. The maximum absolute atomic E-state index is 12.7. The second kappa shape index (κ2) is 6.69. The van der Waals surface area contributed by atoms with Gasteiger partial charge in [-0.25, -0.2) is 0 Å². The van der Waals surface area contributed by atoms with Crippen LogP contribution in [0, 0.1) is 11.3 Å². The van der Waals surface area contributed by atoms with Gasteiger partial charge in [0.25, 0.3) is 5.91 Å². The van der Waals surface area contributed by atoms with E-state index >= 15 is 0 Å². The molecule has 4 fully saturated rings. The van der Waals surface area contributed by atoms with Crippen molar-refractivity contribution in [2.45, 2.75) is 44.6 Å². The molecule has 2 atom stereocenters. The fourth-order valence-corrected chi connectivity index (χ4v) is 4.52. The molecule has 0 radical (unpaired) electrons. The van der Waals surface area contributed by atoms with Crippen LogP contribution in [-0.4, -0.2) is 74.4 Å². The number of ether oxygens (including phenoxy) is 2. The third-order valence-electron chi connectivity index (χ3n) is 5.91. The fourth-order valence-electron chi connectivity index (χ4n) is 4.52. The number of rotatable bonds is 3. The fraction of sp³-hybridized carbons (Fsp3) is 0.944. The Bertz CT molecular complexity index is 434. The Morgan fingerprint density at radius 1 is 1.09 bits per heavy atom. The summed E-state index contributed by atoms with van der Waals surface area (Å²) in [6.07, 6.45) is 6.81. The van der Waals surface area contributed by atoms with Crippen LogP contribution in [0.5, 0.6) is 0 Å². The lowest BCUT2D eigenvalue weighted by Crippen LogP contribution is -2.54. The van der Waals surface area contributed by atoms with E-state index in [9.17, 15) is 4.79 Å². The highest BCUT2D eigenvalue weighted by Crippen LogP contribution is 2.36. The van der Waals surface area contributed by atoms with Gasteiger partial charge in [0.2, 0.25) is 0 Å². The van der Waals surface area contributed by atoms with Gasteiger partial charge in [-0.2, -0.15) is 0 Å². The van der Waals surface area contributed by atoms with Gasteiger partial charge in [-0.15, -0.1) is 0 Å². The lowest BCUT2D eigenvalue weighted by Gasteiger charge is -2.44. The summed E-state index contributed by atoms with van der Waals surface area (Å²) in [5, 5.41) is 0. The highest BCUT2D eigenvalue weighted by atomic mass is 16.5. The summed E-state index contributed by atoms with van der Waals surface area (Å²) in [7, 11) is 0. The van der Waals surface area contributed by atoms with Gasteiger partial charge in [0.15, 0.2) is 0 Å². The Hall–Kier alpha value is -0.650. The molecule has 130 valence electrons. The standard InChI is InChI=1S/C18H30N2O3/c21-17(16-3-1-9-23-16)20-7-2-6-18(13-20)12-19(8-10-22-14-18)11-15-4-5-15/h15-16H,1-14H2/t16-,18+/m0/s1. The van der Waals surface area contributed by atoms with Crippen LogP contribution < -0.4 is 0 Å². The first-order valence-electron chi connectivity index (χ1n) is 9.45. The van der Waals surface area contributed by atoms with E-state index in [2.05, 4.69) is 9.80 Å². The zero-order chi connectivity index (χ0) is 15.7. The van der Waals surface area contributed by atoms with E-state index in [0.717, 1.165) is 71.2 Å². The molecule has 23 heavy (non-hydrogen) atoms. The van der Waals surface area contributed by atoms with Gasteiger partial charge in [0.1, 0.15) is 6.10 Å². The first-order valence-corrected chi connectivity index (χ1v) is 9.45. The van der Waals surface area contributed by atoms with Crippen molar-refractivity contribution >= 4 is 5.91 Å². The molecule has 3 saturated heterocycles. The van der Waals surface area contributed by atoms with Crippen LogP contribution in [0.3, 0.4) is 0 Å². The SMILES string of the molecule is O=C([C@@H]1CCCO1)N1CCC[C@]2(COCCN(CC3CC3)C2)C1. The third kappa shape index (κ3) is 3.72. The Balaban J connectivity index is 1.41. The van der Waals surface area contributed by atoms with Crippen LogP contribution in [0.1, 0.15) is 38.5 Å². The van der Waals surface area contributed by atoms with Crippen molar-refractivity contribution in [3.8, 4) is 0 Å². The molecule has 5 nitrogen and oxygen atoms in total. The average Bonchev–Trinajstić information content (AvgIpc) is 3.24. The van der Waals surface area contributed by atoms with E-state index in [-0.39, 0.29) is 17.4 Å². The molecule has 0 aromatic carbocycles. The van der Waals surface area contributed by atoms with E-state index in [0.29, 0.717) is 0 Å². The van der Waals surface area contributed by atoms with E-state index in [4.69, 9.17) is 9.47 Å². The molecule has 0 aromatic heterocycles. The summed E-state index contributed by atoms with van der Waals surface area (Å²) in [6, 6.07) is 0. The molecule has 4 rings (SSSR count). The van der Waals surface area contributed by atoms with Crippen LogP contribution in [0.4, 0.5) is 0 Å². The van der Waals surface area contributed by atoms with Gasteiger partial charge in [-0.05, 0) is 44.4 Å². The predicted octanol–water partition coefficient (Wildman–Crippen LogP) is 1.52. The highest BCUT2D eigenvalue weighted by Gasteiger charge is 2.42. The number of hydrogen-bond acceptors (Lipinski definition) is 4. The van der Waals surface area contributed by atoms with Gasteiger partial charge < -0.3 is 19.3 Å². The maximum atomic E-state index is 12.7. The molecule has 1 spiro atoms. The molecule has 3 aliphatic heterocycles. The van der Waals surface area contributed by atoms with Crippen molar-refractivity contribution in [2.75, 3.05) is 52.5 Å². The van der Waals surface area contributed by atoms with Crippen LogP contribution in [-0.2, 0) is 14.3 Å². The first kappa shape index (κ1) is 15.9. The van der Waals surface area contributed by atoms with Gasteiger partial charge in [-0.1, -0.05) is 0 Å². The predicted molar refractivity (Wildman–Crippen MR) is 87.2 cm³/mol. The topological polar surface area (TPSA) is 42.0 Å². The lowest BCUT2D eigenvalue weighted by atomic mass is 9.79. The number of carbonyl (C=O) groups excluding carboxylic acids is 1. The smallest absolute Gasteiger partial charge is 0.251 e. The van der Waals surface area contributed by atoms with E-state index in [1.807, 2.05) is 0 Å². The molecule has 5 heteroatoms. The Morgan fingerprint density at radius 2 is 2.00 bits per heavy atom. The monoisotopic (exact) mass is 322 g/mol. The van der Waals surface area contributed by atoms with Crippen LogP contribution in [0.2, 0.25) is 0 Å². The summed E-state index contributed by atoms with van der Waals surface area (Å²) in [5.41, 5.74) is 0.137. The van der Waals surface area contributed by atoms with Gasteiger partial charge in [0, 0.05) is 44.7 Å². The minimum Gasteiger partial charge on any atom is -0.379 e. The van der Waals surface area contributed by atoms with Crippen LogP contribution in [0.15, 0.2) is 0 Å². The number of piperidine rings is 1. The molecule has 1 amide bonds. The largest absolute Gasteiger partial charge is 0.379 e. The number of likely N-dealkylation sites (tertiary alicyclic amines) is 1. The molecule has 0 unspecified atom stereocenters. The Morgan fingerprint density at radius 3 is 2.78 bits per heavy atom. The maximum Gasteiger partial charge on any atom is 0.251 e. The molecule has 3 heterocycles. The molecular weight excluding hydrogens is 292 g/mol. The minimum atomic E-state index is -0.181. The van der Waals surface area contributed by atoms with E-state index < -0.39 is 0 Å². The average molecular weight is 322 g/mol.